The molecule has 118 valence electrons. The van der Waals surface area contributed by atoms with Gasteiger partial charge in [-0.1, -0.05) is 18.2 Å². The number of hydrogen-bond donors (Lipinski definition) is 2. The number of esters is 1. The van der Waals surface area contributed by atoms with E-state index >= 15 is 0 Å². The average molecular weight is 305 g/mol. The minimum atomic E-state index is -1.22. The summed E-state index contributed by atoms with van der Waals surface area (Å²) < 4.78 is 4.65. The van der Waals surface area contributed by atoms with Crippen molar-refractivity contribution in [1.82, 2.24) is 5.32 Å². The highest BCUT2D eigenvalue weighted by atomic mass is 16.5. The summed E-state index contributed by atoms with van der Waals surface area (Å²) in [5.74, 6) is -2.27. The fourth-order valence-corrected chi connectivity index (χ4v) is 2.01. The minimum absolute atomic E-state index is 0.0343. The molecule has 1 amide bonds. The van der Waals surface area contributed by atoms with Gasteiger partial charge in [0.2, 0.25) is 5.91 Å². The summed E-state index contributed by atoms with van der Waals surface area (Å²) in [4.78, 5) is 33.8. The first-order valence-electron chi connectivity index (χ1n) is 6.69. The molecule has 0 aromatic heterocycles. The van der Waals surface area contributed by atoms with E-state index in [0.29, 0.717) is 0 Å². The SMILES string of the molecule is COC(=O)C[C@@H](NC(=O)/C=C\C(=O)O)c1cccc(C)c1C. The number of carboxylic acid groups (broad SMARTS) is 1. The van der Waals surface area contributed by atoms with Crippen LogP contribution in [0.4, 0.5) is 0 Å². The number of carbonyl (C=O) groups excluding carboxylic acids is 2. The highest BCUT2D eigenvalue weighted by Crippen LogP contribution is 2.23. The Bertz CT molecular complexity index is 607. The van der Waals surface area contributed by atoms with Gasteiger partial charge in [-0.3, -0.25) is 9.59 Å². The van der Waals surface area contributed by atoms with Gasteiger partial charge in [0.15, 0.2) is 0 Å². The second kappa shape index (κ2) is 7.97. The molecule has 1 rings (SSSR count). The maximum Gasteiger partial charge on any atom is 0.328 e. The van der Waals surface area contributed by atoms with Gasteiger partial charge in [-0.15, -0.1) is 0 Å². The lowest BCUT2D eigenvalue weighted by atomic mass is 9.95. The lowest BCUT2D eigenvalue weighted by Gasteiger charge is -2.20. The van der Waals surface area contributed by atoms with Crippen molar-refractivity contribution in [3.05, 3.63) is 47.0 Å². The number of methoxy groups -OCH3 is 1. The molecule has 0 saturated heterocycles. The van der Waals surface area contributed by atoms with Gasteiger partial charge in [-0.2, -0.15) is 0 Å². The van der Waals surface area contributed by atoms with Crippen molar-refractivity contribution in [1.29, 1.82) is 0 Å². The zero-order valence-corrected chi connectivity index (χ0v) is 12.8. The number of carbonyl (C=O) groups is 3. The van der Waals surface area contributed by atoms with E-state index in [4.69, 9.17) is 5.11 Å². The number of benzene rings is 1. The lowest BCUT2D eigenvalue weighted by Crippen LogP contribution is -2.30. The first-order valence-corrected chi connectivity index (χ1v) is 6.69. The predicted molar refractivity (Wildman–Crippen MR) is 80.2 cm³/mol. The maximum absolute atomic E-state index is 11.8. The van der Waals surface area contributed by atoms with Crippen LogP contribution in [-0.4, -0.2) is 30.1 Å². The van der Waals surface area contributed by atoms with E-state index in [2.05, 4.69) is 10.1 Å². The molecule has 0 spiro atoms. The molecule has 1 atom stereocenters. The summed E-state index contributed by atoms with van der Waals surface area (Å²) in [7, 11) is 1.27. The molecule has 6 nitrogen and oxygen atoms in total. The van der Waals surface area contributed by atoms with Crippen LogP contribution in [0.25, 0.3) is 0 Å². The quantitative estimate of drug-likeness (QED) is 0.616. The van der Waals surface area contributed by atoms with Crippen molar-refractivity contribution < 1.29 is 24.2 Å². The normalized spacial score (nSPS) is 12.0. The van der Waals surface area contributed by atoms with Crippen molar-refractivity contribution in [3.8, 4) is 0 Å². The number of aliphatic carboxylic acids is 1. The zero-order valence-electron chi connectivity index (χ0n) is 12.8. The molecular weight excluding hydrogens is 286 g/mol. The molecule has 0 aliphatic heterocycles. The van der Waals surface area contributed by atoms with E-state index in [1.54, 1.807) is 0 Å². The predicted octanol–water partition coefficient (Wildman–Crippen LogP) is 1.66. The molecule has 0 saturated carbocycles. The summed E-state index contributed by atoms with van der Waals surface area (Å²) in [6.07, 6.45) is 1.62. The smallest absolute Gasteiger partial charge is 0.328 e. The molecule has 2 N–H and O–H groups in total. The first kappa shape index (κ1) is 17.4. The number of amides is 1. The standard InChI is InChI=1S/C16H19NO5/c1-10-5-4-6-12(11(10)2)13(9-16(21)22-3)17-14(18)7-8-15(19)20/h4-8,13H,9H2,1-3H3,(H,17,18)(H,19,20)/b8-7-/t13-/m1/s1. The van der Waals surface area contributed by atoms with E-state index in [1.807, 2.05) is 32.0 Å². The third-order valence-corrected chi connectivity index (χ3v) is 3.31. The monoisotopic (exact) mass is 305 g/mol. The Labute approximate surface area is 128 Å². The van der Waals surface area contributed by atoms with Crippen LogP contribution < -0.4 is 5.32 Å². The summed E-state index contributed by atoms with van der Waals surface area (Å²) in [6.45, 7) is 3.83. The number of aryl methyl sites for hydroxylation is 1. The molecule has 0 aliphatic carbocycles. The Hall–Kier alpha value is -2.63. The van der Waals surface area contributed by atoms with E-state index in [0.717, 1.165) is 28.8 Å². The van der Waals surface area contributed by atoms with Crippen molar-refractivity contribution in [2.75, 3.05) is 7.11 Å². The van der Waals surface area contributed by atoms with E-state index in [1.165, 1.54) is 7.11 Å². The van der Waals surface area contributed by atoms with Crippen molar-refractivity contribution in [3.63, 3.8) is 0 Å². The molecule has 0 fully saturated rings. The molecular formula is C16H19NO5. The number of ether oxygens (including phenoxy) is 1. The van der Waals surface area contributed by atoms with Crippen molar-refractivity contribution in [2.24, 2.45) is 0 Å². The van der Waals surface area contributed by atoms with Gasteiger partial charge in [0.05, 0.1) is 19.6 Å². The first-order chi connectivity index (χ1) is 10.3. The third kappa shape index (κ3) is 5.05. The number of nitrogens with one attached hydrogen (secondary N) is 1. The summed E-state index contributed by atoms with van der Waals surface area (Å²) in [5, 5.41) is 11.2. The van der Waals surface area contributed by atoms with Crippen LogP contribution >= 0.6 is 0 Å². The largest absolute Gasteiger partial charge is 0.478 e. The fourth-order valence-electron chi connectivity index (χ4n) is 2.01. The van der Waals surface area contributed by atoms with Gasteiger partial charge in [0, 0.05) is 12.2 Å². The Morgan fingerprint density at radius 2 is 1.95 bits per heavy atom. The highest BCUT2D eigenvalue weighted by molar-refractivity contribution is 5.94. The van der Waals surface area contributed by atoms with Crippen molar-refractivity contribution >= 4 is 17.8 Å². The van der Waals surface area contributed by atoms with Gasteiger partial charge < -0.3 is 15.2 Å². The van der Waals surface area contributed by atoms with Crippen LogP contribution in [0.3, 0.4) is 0 Å². The molecule has 0 bridgehead atoms. The zero-order chi connectivity index (χ0) is 16.7. The number of hydrogen-bond acceptors (Lipinski definition) is 4. The van der Waals surface area contributed by atoms with Crippen LogP contribution in [0.1, 0.15) is 29.2 Å². The molecule has 0 heterocycles. The number of carboxylic acids is 1. The van der Waals surface area contributed by atoms with E-state index in [-0.39, 0.29) is 6.42 Å². The van der Waals surface area contributed by atoms with Gasteiger partial charge in [-0.25, -0.2) is 4.79 Å². The van der Waals surface area contributed by atoms with Crippen LogP contribution in [0.2, 0.25) is 0 Å². The molecule has 6 heteroatoms. The second-order valence-corrected chi connectivity index (χ2v) is 4.80. The Kier molecular flexibility index (Phi) is 6.31. The maximum atomic E-state index is 11.8. The molecule has 0 unspecified atom stereocenters. The van der Waals surface area contributed by atoms with Crippen molar-refractivity contribution in [2.45, 2.75) is 26.3 Å². The lowest BCUT2D eigenvalue weighted by molar-refractivity contribution is -0.141. The Balaban J connectivity index is 3.03. The molecule has 1 aromatic rings. The van der Waals surface area contributed by atoms with Gasteiger partial charge in [-0.05, 0) is 30.5 Å². The second-order valence-electron chi connectivity index (χ2n) is 4.80. The molecule has 1 aromatic carbocycles. The minimum Gasteiger partial charge on any atom is -0.478 e. The number of rotatable bonds is 6. The van der Waals surface area contributed by atoms with Crippen LogP contribution in [0.5, 0.6) is 0 Å². The molecule has 22 heavy (non-hydrogen) atoms. The highest BCUT2D eigenvalue weighted by Gasteiger charge is 2.20. The van der Waals surface area contributed by atoms with Gasteiger partial charge in [0.1, 0.15) is 0 Å². The fraction of sp³-hybridized carbons (Fsp3) is 0.312. The van der Waals surface area contributed by atoms with Crippen LogP contribution in [-0.2, 0) is 19.1 Å². The van der Waals surface area contributed by atoms with Crippen LogP contribution in [0.15, 0.2) is 30.4 Å². The molecule has 0 radical (unpaired) electrons. The Morgan fingerprint density at radius 1 is 1.27 bits per heavy atom. The van der Waals surface area contributed by atoms with E-state index in [9.17, 15) is 14.4 Å². The molecule has 0 aliphatic rings. The average Bonchev–Trinajstić information content (AvgIpc) is 2.47. The summed E-state index contributed by atoms with van der Waals surface area (Å²) >= 11 is 0. The van der Waals surface area contributed by atoms with Gasteiger partial charge in [0.25, 0.3) is 0 Å². The topological polar surface area (TPSA) is 92.7 Å². The Morgan fingerprint density at radius 3 is 2.55 bits per heavy atom. The van der Waals surface area contributed by atoms with Crippen LogP contribution in [0, 0.1) is 13.8 Å². The van der Waals surface area contributed by atoms with Gasteiger partial charge >= 0.3 is 11.9 Å². The summed E-state index contributed by atoms with van der Waals surface area (Å²) in [5.41, 5.74) is 2.78. The third-order valence-electron chi connectivity index (χ3n) is 3.31. The van der Waals surface area contributed by atoms with E-state index < -0.39 is 23.9 Å². The summed E-state index contributed by atoms with van der Waals surface area (Å²) in [6, 6.07) is 5.00.